The molecule has 0 atom stereocenters. The van der Waals surface area contributed by atoms with Crippen LogP contribution in [0.25, 0.3) is 0 Å². The highest BCUT2D eigenvalue weighted by Gasteiger charge is 2.12. The van der Waals surface area contributed by atoms with E-state index in [0.717, 1.165) is 29.5 Å². The predicted octanol–water partition coefficient (Wildman–Crippen LogP) is 2.40. The Hall–Kier alpha value is -1.60. The van der Waals surface area contributed by atoms with Gasteiger partial charge in [-0.1, -0.05) is 11.3 Å². The van der Waals surface area contributed by atoms with E-state index in [4.69, 9.17) is 11.6 Å². The summed E-state index contributed by atoms with van der Waals surface area (Å²) in [5.74, 6) is -1.70. The molecule has 0 saturated carbocycles. The molecule has 0 unspecified atom stereocenters. The molecule has 0 spiro atoms. The average molecular weight is 290 g/mol. The van der Waals surface area contributed by atoms with Crippen molar-refractivity contribution in [3.8, 4) is 0 Å². The number of hydrogen-bond donors (Lipinski definition) is 1. The molecule has 0 fully saturated rings. The van der Waals surface area contributed by atoms with Gasteiger partial charge in [0.2, 0.25) is 9.47 Å². The number of carbonyl (C=O) groups is 1. The molecule has 1 heterocycles. The Kier molecular flexibility index (Phi) is 3.83. The van der Waals surface area contributed by atoms with Crippen molar-refractivity contribution in [3.05, 3.63) is 44.9 Å². The molecular formula is C10H6ClF2N3OS. The van der Waals surface area contributed by atoms with Crippen LogP contribution in [0.15, 0.2) is 18.2 Å². The predicted molar refractivity (Wildman–Crippen MR) is 62.4 cm³/mol. The van der Waals surface area contributed by atoms with E-state index >= 15 is 0 Å². The van der Waals surface area contributed by atoms with Gasteiger partial charge in [-0.15, -0.1) is 10.2 Å². The van der Waals surface area contributed by atoms with Crippen LogP contribution >= 0.6 is 22.9 Å². The van der Waals surface area contributed by atoms with Gasteiger partial charge in [0.25, 0.3) is 5.91 Å². The van der Waals surface area contributed by atoms with E-state index in [1.165, 1.54) is 0 Å². The molecule has 2 rings (SSSR count). The zero-order chi connectivity index (χ0) is 13.1. The second-order valence-electron chi connectivity index (χ2n) is 3.28. The fourth-order valence-electron chi connectivity index (χ4n) is 1.23. The summed E-state index contributed by atoms with van der Waals surface area (Å²) in [7, 11) is 0. The third kappa shape index (κ3) is 2.99. The molecule has 2 aromatic rings. The third-order valence-electron chi connectivity index (χ3n) is 2.04. The number of aromatic nitrogens is 2. The van der Waals surface area contributed by atoms with Crippen molar-refractivity contribution in [1.82, 2.24) is 15.5 Å². The Morgan fingerprint density at radius 1 is 1.39 bits per heavy atom. The standard InChI is InChI=1S/C10H6ClF2N3OS/c11-10-16-15-9(18-10)8(17)14-4-5-3-6(12)1-2-7(5)13/h1-3H,4H2,(H,14,17). The van der Waals surface area contributed by atoms with Crippen molar-refractivity contribution >= 4 is 28.8 Å². The van der Waals surface area contributed by atoms with Gasteiger partial charge < -0.3 is 5.32 Å². The Bertz CT molecular complexity index is 590. The molecule has 1 N–H and O–H groups in total. The van der Waals surface area contributed by atoms with Crippen molar-refractivity contribution < 1.29 is 13.6 Å². The highest BCUT2D eigenvalue weighted by molar-refractivity contribution is 7.17. The van der Waals surface area contributed by atoms with E-state index in [1.54, 1.807) is 0 Å². The van der Waals surface area contributed by atoms with Crippen molar-refractivity contribution in [2.75, 3.05) is 0 Å². The number of carbonyl (C=O) groups excluding carboxylic acids is 1. The number of hydrogen-bond acceptors (Lipinski definition) is 4. The summed E-state index contributed by atoms with van der Waals surface area (Å²) in [5.41, 5.74) is 0.0546. The molecule has 0 aliphatic rings. The van der Waals surface area contributed by atoms with E-state index < -0.39 is 17.5 Å². The van der Waals surface area contributed by atoms with Crippen LogP contribution in [0.4, 0.5) is 8.78 Å². The fourth-order valence-corrected chi connectivity index (χ4v) is 1.97. The van der Waals surface area contributed by atoms with Gasteiger partial charge in [0.05, 0.1) is 0 Å². The largest absolute Gasteiger partial charge is 0.346 e. The zero-order valence-electron chi connectivity index (χ0n) is 8.78. The van der Waals surface area contributed by atoms with E-state index in [2.05, 4.69) is 15.5 Å². The van der Waals surface area contributed by atoms with Gasteiger partial charge in [-0.3, -0.25) is 4.79 Å². The van der Waals surface area contributed by atoms with Gasteiger partial charge in [0, 0.05) is 12.1 Å². The first kappa shape index (κ1) is 12.8. The molecule has 0 radical (unpaired) electrons. The summed E-state index contributed by atoms with van der Waals surface area (Å²) in [6, 6.07) is 3.02. The SMILES string of the molecule is O=C(NCc1cc(F)ccc1F)c1nnc(Cl)s1. The lowest BCUT2D eigenvalue weighted by molar-refractivity contribution is 0.0949. The molecule has 1 aromatic heterocycles. The normalized spacial score (nSPS) is 10.4. The van der Waals surface area contributed by atoms with Gasteiger partial charge in [0.15, 0.2) is 0 Å². The van der Waals surface area contributed by atoms with E-state index in [0.29, 0.717) is 0 Å². The average Bonchev–Trinajstić information content (AvgIpc) is 2.77. The van der Waals surface area contributed by atoms with Crippen LogP contribution in [-0.2, 0) is 6.54 Å². The molecule has 4 nitrogen and oxygen atoms in total. The quantitative estimate of drug-likeness (QED) is 0.944. The number of nitrogens with one attached hydrogen (secondary N) is 1. The molecule has 0 saturated heterocycles. The molecule has 94 valence electrons. The molecule has 0 aliphatic heterocycles. The zero-order valence-corrected chi connectivity index (χ0v) is 10.4. The minimum Gasteiger partial charge on any atom is -0.346 e. The van der Waals surface area contributed by atoms with Crippen molar-refractivity contribution in [2.45, 2.75) is 6.54 Å². The van der Waals surface area contributed by atoms with Crippen LogP contribution in [0, 0.1) is 11.6 Å². The molecule has 1 aromatic carbocycles. The first-order chi connectivity index (χ1) is 8.56. The minimum absolute atomic E-state index is 0.0546. The van der Waals surface area contributed by atoms with Gasteiger partial charge in [-0.2, -0.15) is 0 Å². The van der Waals surface area contributed by atoms with Crippen LogP contribution in [0.1, 0.15) is 15.4 Å². The maximum Gasteiger partial charge on any atom is 0.282 e. The summed E-state index contributed by atoms with van der Waals surface area (Å²) in [5, 5.41) is 9.45. The van der Waals surface area contributed by atoms with Crippen molar-refractivity contribution in [1.29, 1.82) is 0 Å². The third-order valence-corrected chi connectivity index (χ3v) is 3.06. The number of halogens is 3. The molecule has 0 bridgehead atoms. The number of benzene rings is 1. The van der Waals surface area contributed by atoms with Gasteiger partial charge in [0.1, 0.15) is 11.6 Å². The van der Waals surface area contributed by atoms with E-state index in [-0.39, 0.29) is 21.6 Å². The van der Waals surface area contributed by atoms with Crippen molar-refractivity contribution in [2.24, 2.45) is 0 Å². The van der Waals surface area contributed by atoms with Crippen LogP contribution in [0.2, 0.25) is 4.47 Å². The lowest BCUT2D eigenvalue weighted by atomic mass is 10.2. The smallest absolute Gasteiger partial charge is 0.282 e. The lowest BCUT2D eigenvalue weighted by Gasteiger charge is -2.04. The fraction of sp³-hybridized carbons (Fsp3) is 0.100. The summed E-state index contributed by atoms with van der Waals surface area (Å²) < 4.78 is 26.3. The van der Waals surface area contributed by atoms with E-state index in [1.807, 2.05) is 0 Å². The lowest BCUT2D eigenvalue weighted by Crippen LogP contribution is -2.23. The Morgan fingerprint density at radius 3 is 2.83 bits per heavy atom. The summed E-state index contributed by atoms with van der Waals surface area (Å²) in [6.45, 7) is -0.139. The molecule has 1 amide bonds. The van der Waals surface area contributed by atoms with Crippen LogP contribution in [-0.4, -0.2) is 16.1 Å². The second kappa shape index (κ2) is 5.36. The highest BCUT2D eigenvalue weighted by Crippen LogP contribution is 2.15. The number of rotatable bonds is 3. The highest BCUT2D eigenvalue weighted by atomic mass is 35.5. The molecule has 8 heteroatoms. The Labute approximate surface area is 110 Å². The second-order valence-corrected chi connectivity index (χ2v) is 4.84. The van der Waals surface area contributed by atoms with E-state index in [9.17, 15) is 13.6 Å². The first-order valence-electron chi connectivity index (χ1n) is 4.77. The van der Waals surface area contributed by atoms with Crippen molar-refractivity contribution in [3.63, 3.8) is 0 Å². The van der Waals surface area contributed by atoms with Gasteiger partial charge >= 0.3 is 0 Å². The minimum atomic E-state index is -0.591. The molecular weight excluding hydrogens is 284 g/mol. The van der Waals surface area contributed by atoms with Crippen LogP contribution in [0.5, 0.6) is 0 Å². The maximum absolute atomic E-state index is 13.3. The summed E-state index contributed by atoms with van der Waals surface area (Å²) in [6.07, 6.45) is 0. The Morgan fingerprint density at radius 2 is 2.17 bits per heavy atom. The maximum atomic E-state index is 13.3. The van der Waals surface area contributed by atoms with Crippen LogP contribution in [0.3, 0.4) is 0 Å². The number of nitrogens with zero attached hydrogens (tertiary/aromatic N) is 2. The monoisotopic (exact) mass is 289 g/mol. The summed E-state index contributed by atoms with van der Waals surface area (Å²) in [4.78, 5) is 11.5. The summed E-state index contributed by atoms with van der Waals surface area (Å²) >= 11 is 6.42. The number of amides is 1. The first-order valence-corrected chi connectivity index (χ1v) is 5.97. The Balaban J connectivity index is 2.03. The topological polar surface area (TPSA) is 54.9 Å². The van der Waals surface area contributed by atoms with Gasteiger partial charge in [-0.05, 0) is 29.8 Å². The molecule has 0 aliphatic carbocycles. The van der Waals surface area contributed by atoms with Crippen LogP contribution < -0.4 is 5.32 Å². The van der Waals surface area contributed by atoms with Gasteiger partial charge in [-0.25, -0.2) is 8.78 Å². The molecule has 18 heavy (non-hydrogen) atoms.